The lowest BCUT2D eigenvalue weighted by atomic mass is 9.99. The van der Waals surface area contributed by atoms with Crippen molar-refractivity contribution in [2.75, 3.05) is 0 Å². The number of ether oxygens (including phenoxy) is 1. The molecule has 1 fully saturated rings. The second kappa shape index (κ2) is 7.44. The van der Waals surface area contributed by atoms with Crippen LogP contribution in [0.5, 0.6) is 0 Å². The van der Waals surface area contributed by atoms with E-state index >= 15 is 0 Å². The summed E-state index contributed by atoms with van der Waals surface area (Å²) < 4.78 is 4.34. The number of nitrogens with zero attached hydrogens (tertiary/aromatic N) is 1. The fourth-order valence-electron chi connectivity index (χ4n) is 2.08. The van der Waals surface area contributed by atoms with Gasteiger partial charge in [0.25, 0.3) is 0 Å². The van der Waals surface area contributed by atoms with E-state index in [1.807, 2.05) is 30.5 Å². The Morgan fingerprint density at radius 2 is 1.61 bits per heavy atom. The number of aliphatic carboxylic acids is 1. The first kappa shape index (κ1) is 17.3. The lowest BCUT2D eigenvalue weighted by Crippen LogP contribution is -2.59. The van der Waals surface area contributed by atoms with Gasteiger partial charge in [0.1, 0.15) is 18.3 Å². The summed E-state index contributed by atoms with van der Waals surface area (Å²) >= 11 is 0. The number of carboxylic acid groups (broad SMARTS) is 1. The molecular weight excluding hydrogens is 306 g/mol. The zero-order chi connectivity index (χ0) is 17.0. The van der Waals surface area contributed by atoms with Gasteiger partial charge in [0, 0.05) is 11.6 Å². The summed E-state index contributed by atoms with van der Waals surface area (Å²) in [6.07, 6.45) is -6.92. The number of hydrogen-bond donors (Lipinski definition) is 5. The standard InChI is InChI=1S/C9H7N.C6H10O7/c1-2-6-9-8(4-1)5-3-7-10-9;7-1-2(8)4(5(10)11)13-6(12)3(1)9/h1-7H;1-4,6-9,12H,(H,10,11)/t;1-,2-,3+,4-,6?/m.0/s1. The number of benzene rings is 1. The number of pyridine rings is 1. The molecule has 2 aromatic rings. The van der Waals surface area contributed by atoms with Gasteiger partial charge in [-0.15, -0.1) is 0 Å². The normalized spacial score (nSPS) is 30.3. The predicted molar refractivity (Wildman–Crippen MR) is 78.3 cm³/mol. The average Bonchev–Trinajstić information content (AvgIpc) is 2.56. The van der Waals surface area contributed by atoms with E-state index in [1.165, 1.54) is 5.39 Å². The van der Waals surface area contributed by atoms with Crippen LogP contribution in [0.4, 0.5) is 0 Å². The molecule has 1 aliphatic rings. The summed E-state index contributed by atoms with van der Waals surface area (Å²) in [7, 11) is 0. The van der Waals surface area contributed by atoms with Crippen molar-refractivity contribution in [3.05, 3.63) is 42.6 Å². The lowest BCUT2D eigenvalue weighted by molar-refractivity contribution is -0.279. The quantitative estimate of drug-likeness (QED) is 0.455. The van der Waals surface area contributed by atoms with E-state index < -0.39 is 36.7 Å². The van der Waals surface area contributed by atoms with Crippen molar-refractivity contribution in [1.82, 2.24) is 4.98 Å². The average molecular weight is 323 g/mol. The number of fused-ring (bicyclic) bond motifs is 1. The molecule has 1 unspecified atom stereocenters. The lowest BCUT2D eigenvalue weighted by Gasteiger charge is -2.36. The van der Waals surface area contributed by atoms with Gasteiger partial charge >= 0.3 is 5.97 Å². The summed E-state index contributed by atoms with van der Waals surface area (Å²) in [6, 6.07) is 12.1. The third kappa shape index (κ3) is 4.01. The molecule has 5 atom stereocenters. The van der Waals surface area contributed by atoms with Crippen LogP contribution in [0.2, 0.25) is 0 Å². The third-order valence-electron chi connectivity index (χ3n) is 3.34. The monoisotopic (exact) mass is 323 g/mol. The van der Waals surface area contributed by atoms with Crippen molar-refractivity contribution >= 4 is 16.9 Å². The van der Waals surface area contributed by atoms with Crippen molar-refractivity contribution in [2.45, 2.75) is 30.7 Å². The second-order valence-corrected chi connectivity index (χ2v) is 4.95. The van der Waals surface area contributed by atoms with E-state index in [4.69, 9.17) is 25.5 Å². The predicted octanol–water partition coefficient (Wildman–Crippen LogP) is -0.894. The van der Waals surface area contributed by atoms with E-state index in [2.05, 4.69) is 21.9 Å². The van der Waals surface area contributed by atoms with Gasteiger partial charge in [-0.05, 0) is 12.1 Å². The minimum absolute atomic E-state index is 1.06. The van der Waals surface area contributed by atoms with E-state index in [9.17, 15) is 4.79 Å². The number of para-hydroxylation sites is 1. The maximum atomic E-state index is 10.4. The van der Waals surface area contributed by atoms with Crippen LogP contribution in [0.3, 0.4) is 0 Å². The molecule has 3 rings (SSSR count). The van der Waals surface area contributed by atoms with Crippen molar-refractivity contribution in [2.24, 2.45) is 0 Å². The zero-order valence-electron chi connectivity index (χ0n) is 11.9. The molecule has 1 aliphatic heterocycles. The van der Waals surface area contributed by atoms with Crippen molar-refractivity contribution in [3.8, 4) is 0 Å². The smallest absolute Gasteiger partial charge is 0.335 e. The highest BCUT2D eigenvalue weighted by Crippen LogP contribution is 2.19. The van der Waals surface area contributed by atoms with E-state index in [0.29, 0.717) is 0 Å². The molecule has 0 radical (unpaired) electrons. The molecule has 8 nitrogen and oxygen atoms in total. The van der Waals surface area contributed by atoms with Gasteiger partial charge in [-0.1, -0.05) is 24.3 Å². The summed E-state index contributed by atoms with van der Waals surface area (Å²) in [5.74, 6) is -1.52. The molecule has 124 valence electrons. The molecule has 5 N–H and O–H groups in total. The second-order valence-electron chi connectivity index (χ2n) is 4.95. The van der Waals surface area contributed by atoms with Gasteiger partial charge in [-0.3, -0.25) is 4.98 Å². The Morgan fingerprint density at radius 3 is 2.26 bits per heavy atom. The Morgan fingerprint density at radius 1 is 0.957 bits per heavy atom. The van der Waals surface area contributed by atoms with Crippen LogP contribution in [0.1, 0.15) is 0 Å². The van der Waals surface area contributed by atoms with Gasteiger partial charge in [0.2, 0.25) is 0 Å². The highest BCUT2D eigenvalue weighted by atomic mass is 16.6. The summed E-state index contributed by atoms with van der Waals surface area (Å²) in [5, 5.41) is 45.6. The van der Waals surface area contributed by atoms with Crippen molar-refractivity contribution < 1.29 is 35.1 Å². The number of carbonyl (C=O) groups is 1. The Balaban J connectivity index is 0.000000172. The zero-order valence-corrected chi connectivity index (χ0v) is 11.9. The highest BCUT2D eigenvalue weighted by molar-refractivity contribution is 5.77. The molecule has 2 heterocycles. The fraction of sp³-hybridized carbons (Fsp3) is 0.333. The van der Waals surface area contributed by atoms with Crippen LogP contribution in [-0.2, 0) is 9.53 Å². The van der Waals surface area contributed by atoms with Gasteiger partial charge in [0.05, 0.1) is 5.52 Å². The number of aliphatic hydroxyl groups excluding tert-OH is 4. The van der Waals surface area contributed by atoms with Crippen molar-refractivity contribution in [1.29, 1.82) is 0 Å². The molecule has 0 saturated carbocycles. The van der Waals surface area contributed by atoms with Crippen LogP contribution in [0.15, 0.2) is 42.6 Å². The summed E-state index contributed by atoms with van der Waals surface area (Å²) in [4.78, 5) is 14.6. The molecule has 0 spiro atoms. The van der Waals surface area contributed by atoms with E-state index in [-0.39, 0.29) is 0 Å². The Bertz CT molecular complexity index is 600. The van der Waals surface area contributed by atoms with Crippen LogP contribution < -0.4 is 0 Å². The van der Waals surface area contributed by atoms with Gasteiger partial charge in [-0.25, -0.2) is 4.79 Å². The van der Waals surface area contributed by atoms with Gasteiger partial charge in [0.15, 0.2) is 12.4 Å². The minimum Gasteiger partial charge on any atom is -0.479 e. The van der Waals surface area contributed by atoms with Crippen LogP contribution >= 0.6 is 0 Å². The fourth-order valence-corrected chi connectivity index (χ4v) is 2.08. The number of hydrogen-bond acceptors (Lipinski definition) is 7. The molecule has 8 heteroatoms. The minimum atomic E-state index is -1.81. The first-order valence-corrected chi connectivity index (χ1v) is 6.82. The maximum absolute atomic E-state index is 10.4. The largest absolute Gasteiger partial charge is 0.479 e. The SMILES string of the molecule is O=C(O)[C@H]1OC(O)[C@H](O)[C@@H](O)[C@@H]1O.c1ccc2ncccc2c1. The molecule has 0 amide bonds. The van der Waals surface area contributed by atoms with Crippen LogP contribution in [-0.4, -0.2) is 67.2 Å². The van der Waals surface area contributed by atoms with Crippen LogP contribution in [0, 0.1) is 0 Å². The van der Waals surface area contributed by atoms with Gasteiger partial charge < -0.3 is 30.3 Å². The summed E-state index contributed by atoms with van der Waals surface area (Å²) in [5.41, 5.74) is 1.06. The first-order chi connectivity index (χ1) is 10.9. The molecule has 0 aliphatic carbocycles. The summed E-state index contributed by atoms with van der Waals surface area (Å²) in [6.45, 7) is 0. The molecule has 23 heavy (non-hydrogen) atoms. The van der Waals surface area contributed by atoms with Crippen LogP contribution in [0.25, 0.3) is 10.9 Å². The highest BCUT2D eigenvalue weighted by Gasteiger charge is 2.46. The first-order valence-electron chi connectivity index (χ1n) is 6.82. The molecule has 1 saturated heterocycles. The number of rotatable bonds is 1. The topological polar surface area (TPSA) is 140 Å². The van der Waals surface area contributed by atoms with Crippen molar-refractivity contribution in [3.63, 3.8) is 0 Å². The van der Waals surface area contributed by atoms with E-state index in [0.717, 1.165) is 5.52 Å². The third-order valence-corrected chi connectivity index (χ3v) is 3.34. The Kier molecular flexibility index (Phi) is 5.59. The molecular formula is C15H17NO7. The number of aliphatic hydroxyl groups is 4. The molecule has 1 aromatic heterocycles. The molecule has 0 bridgehead atoms. The number of carboxylic acids is 1. The Hall–Kier alpha value is -2.10. The molecule has 1 aromatic carbocycles. The Labute approximate surface area is 131 Å². The number of aromatic nitrogens is 1. The maximum Gasteiger partial charge on any atom is 0.335 e. The van der Waals surface area contributed by atoms with E-state index in [1.54, 1.807) is 0 Å². The van der Waals surface area contributed by atoms with Gasteiger partial charge in [-0.2, -0.15) is 0 Å².